The van der Waals surface area contributed by atoms with Crippen LogP contribution in [0.15, 0.2) is 57.7 Å². The van der Waals surface area contributed by atoms with Crippen LogP contribution in [-0.4, -0.2) is 18.6 Å². The van der Waals surface area contributed by atoms with Crippen molar-refractivity contribution in [3.8, 4) is 5.75 Å². The van der Waals surface area contributed by atoms with Crippen LogP contribution in [0.4, 0.5) is 4.79 Å². The van der Waals surface area contributed by atoms with Gasteiger partial charge < -0.3 is 19.2 Å². The first-order chi connectivity index (χ1) is 13.4. The Kier molecular flexibility index (Phi) is 5.74. The zero-order valence-electron chi connectivity index (χ0n) is 15.5. The third-order valence-electron chi connectivity index (χ3n) is 4.13. The standard InChI is InChI=1S/C21H19NO6/c1-13-10-18(23)28-20-14(2)17(9-8-16(13)20)27-19(24)11-22-21(25)26-12-15-6-4-3-5-7-15/h3-10H,11-12H2,1-2H3,(H,22,25). The molecule has 0 fully saturated rings. The van der Waals surface area contributed by atoms with E-state index in [1.54, 1.807) is 26.0 Å². The van der Waals surface area contributed by atoms with E-state index in [2.05, 4.69) is 5.32 Å². The van der Waals surface area contributed by atoms with Crippen molar-refractivity contribution in [3.05, 3.63) is 75.6 Å². The fourth-order valence-corrected chi connectivity index (χ4v) is 2.69. The molecule has 1 amide bonds. The molecule has 1 N–H and O–H groups in total. The number of amides is 1. The number of fused-ring (bicyclic) bond motifs is 1. The molecule has 3 aromatic rings. The monoisotopic (exact) mass is 381 g/mol. The lowest BCUT2D eigenvalue weighted by Gasteiger charge is -2.11. The molecule has 7 nitrogen and oxygen atoms in total. The molecule has 0 spiro atoms. The minimum Gasteiger partial charge on any atom is -0.445 e. The van der Waals surface area contributed by atoms with Crippen molar-refractivity contribution in [2.45, 2.75) is 20.5 Å². The van der Waals surface area contributed by atoms with Crippen LogP contribution in [0.3, 0.4) is 0 Å². The molecule has 0 aliphatic rings. The Balaban J connectivity index is 1.58. The largest absolute Gasteiger partial charge is 0.445 e. The molecule has 1 aromatic heterocycles. The van der Waals surface area contributed by atoms with Crippen molar-refractivity contribution in [2.75, 3.05) is 6.54 Å². The molecule has 0 unspecified atom stereocenters. The molecule has 28 heavy (non-hydrogen) atoms. The summed E-state index contributed by atoms with van der Waals surface area (Å²) in [6, 6.07) is 13.9. The summed E-state index contributed by atoms with van der Waals surface area (Å²) in [4.78, 5) is 35.3. The number of nitrogens with one attached hydrogen (secondary N) is 1. The number of benzene rings is 2. The first-order valence-electron chi connectivity index (χ1n) is 8.63. The highest BCUT2D eigenvalue weighted by atomic mass is 16.6. The summed E-state index contributed by atoms with van der Waals surface area (Å²) in [7, 11) is 0. The average Bonchev–Trinajstić information content (AvgIpc) is 2.68. The zero-order chi connectivity index (χ0) is 20.1. The molecular weight excluding hydrogens is 362 g/mol. The van der Waals surface area contributed by atoms with Gasteiger partial charge in [-0.3, -0.25) is 0 Å². The smallest absolute Gasteiger partial charge is 0.407 e. The summed E-state index contributed by atoms with van der Waals surface area (Å²) in [6.45, 7) is 3.23. The van der Waals surface area contributed by atoms with Crippen LogP contribution in [0, 0.1) is 13.8 Å². The number of ether oxygens (including phenoxy) is 2. The minimum atomic E-state index is -0.724. The van der Waals surface area contributed by atoms with Gasteiger partial charge in [0.1, 0.15) is 24.5 Å². The van der Waals surface area contributed by atoms with Crippen molar-refractivity contribution in [1.29, 1.82) is 0 Å². The van der Waals surface area contributed by atoms with Gasteiger partial charge in [0.05, 0.1) is 0 Å². The molecule has 144 valence electrons. The molecule has 0 saturated heterocycles. The van der Waals surface area contributed by atoms with Gasteiger partial charge in [0.25, 0.3) is 0 Å². The van der Waals surface area contributed by atoms with E-state index in [0.29, 0.717) is 11.1 Å². The summed E-state index contributed by atoms with van der Waals surface area (Å²) < 4.78 is 15.5. The number of carbonyl (C=O) groups is 2. The molecule has 0 radical (unpaired) electrons. The van der Waals surface area contributed by atoms with E-state index in [1.807, 2.05) is 30.3 Å². The van der Waals surface area contributed by atoms with Crippen LogP contribution in [0.1, 0.15) is 16.7 Å². The molecule has 2 aromatic carbocycles. The Morgan fingerprint density at radius 2 is 1.82 bits per heavy atom. The number of hydrogen-bond acceptors (Lipinski definition) is 6. The average molecular weight is 381 g/mol. The second kappa shape index (κ2) is 8.39. The van der Waals surface area contributed by atoms with Gasteiger partial charge in [0.2, 0.25) is 0 Å². The van der Waals surface area contributed by atoms with Crippen LogP contribution in [-0.2, 0) is 16.1 Å². The lowest BCUT2D eigenvalue weighted by atomic mass is 10.1. The van der Waals surface area contributed by atoms with Crippen molar-refractivity contribution in [2.24, 2.45) is 0 Å². The Hall–Kier alpha value is -3.61. The van der Waals surface area contributed by atoms with E-state index in [-0.39, 0.29) is 18.9 Å². The quantitative estimate of drug-likeness (QED) is 0.414. The third kappa shape index (κ3) is 4.56. The SMILES string of the molecule is Cc1cc(=O)oc2c(C)c(OC(=O)CNC(=O)OCc3ccccc3)ccc12. The van der Waals surface area contributed by atoms with Gasteiger partial charge in [-0.25, -0.2) is 14.4 Å². The van der Waals surface area contributed by atoms with Crippen LogP contribution in [0.25, 0.3) is 11.0 Å². The van der Waals surface area contributed by atoms with Crippen molar-refractivity contribution >= 4 is 23.0 Å². The van der Waals surface area contributed by atoms with Crippen molar-refractivity contribution < 1.29 is 23.5 Å². The highest BCUT2D eigenvalue weighted by Crippen LogP contribution is 2.28. The summed E-state index contributed by atoms with van der Waals surface area (Å²) in [5.41, 5.74) is 2.03. The van der Waals surface area contributed by atoms with Crippen molar-refractivity contribution in [3.63, 3.8) is 0 Å². The normalized spacial score (nSPS) is 10.5. The third-order valence-corrected chi connectivity index (χ3v) is 4.13. The highest BCUT2D eigenvalue weighted by molar-refractivity contribution is 5.86. The summed E-state index contributed by atoms with van der Waals surface area (Å²) in [5, 5.41) is 3.10. The maximum absolute atomic E-state index is 12.0. The Morgan fingerprint density at radius 3 is 2.57 bits per heavy atom. The Morgan fingerprint density at radius 1 is 1.07 bits per heavy atom. The highest BCUT2D eigenvalue weighted by Gasteiger charge is 2.14. The maximum Gasteiger partial charge on any atom is 0.407 e. The molecular formula is C21H19NO6. The van der Waals surface area contributed by atoms with Crippen LogP contribution >= 0.6 is 0 Å². The first kappa shape index (κ1) is 19.2. The lowest BCUT2D eigenvalue weighted by Crippen LogP contribution is -2.32. The van der Waals surface area contributed by atoms with Crippen LogP contribution in [0.5, 0.6) is 5.75 Å². The van der Waals surface area contributed by atoms with Crippen LogP contribution in [0.2, 0.25) is 0 Å². The second-order valence-electron chi connectivity index (χ2n) is 6.20. The Bertz CT molecular complexity index is 1070. The number of rotatable bonds is 5. The maximum atomic E-state index is 12.0. The molecule has 0 bridgehead atoms. The van der Waals surface area contributed by atoms with E-state index in [9.17, 15) is 14.4 Å². The first-order valence-corrected chi connectivity index (χ1v) is 8.63. The summed E-state index contributed by atoms with van der Waals surface area (Å²) in [6.07, 6.45) is -0.724. The van der Waals surface area contributed by atoms with E-state index >= 15 is 0 Å². The number of aryl methyl sites for hydroxylation is 2. The second-order valence-corrected chi connectivity index (χ2v) is 6.20. The van der Waals surface area contributed by atoms with Gasteiger partial charge in [-0.1, -0.05) is 30.3 Å². The molecule has 3 rings (SSSR count). The lowest BCUT2D eigenvalue weighted by molar-refractivity contribution is -0.133. The fourth-order valence-electron chi connectivity index (χ4n) is 2.69. The number of alkyl carbamates (subject to hydrolysis) is 1. The number of hydrogen-bond donors (Lipinski definition) is 1. The van der Waals surface area contributed by atoms with E-state index in [0.717, 1.165) is 16.5 Å². The molecule has 0 saturated carbocycles. The van der Waals surface area contributed by atoms with Gasteiger partial charge in [-0.15, -0.1) is 0 Å². The van der Waals surface area contributed by atoms with E-state index in [1.165, 1.54) is 6.07 Å². The van der Waals surface area contributed by atoms with E-state index in [4.69, 9.17) is 13.9 Å². The van der Waals surface area contributed by atoms with Gasteiger partial charge in [0, 0.05) is 17.0 Å². The molecule has 1 heterocycles. The molecule has 0 aliphatic heterocycles. The predicted octanol–water partition coefficient (Wildman–Crippen LogP) is 3.24. The fraction of sp³-hybridized carbons (Fsp3) is 0.190. The van der Waals surface area contributed by atoms with Crippen molar-refractivity contribution in [1.82, 2.24) is 5.32 Å². The molecule has 0 atom stereocenters. The number of carbonyl (C=O) groups excluding carboxylic acids is 2. The molecule has 0 aliphatic carbocycles. The van der Waals surface area contributed by atoms with Crippen LogP contribution < -0.4 is 15.7 Å². The topological polar surface area (TPSA) is 94.8 Å². The van der Waals surface area contributed by atoms with E-state index < -0.39 is 17.7 Å². The number of esters is 1. The summed E-state index contributed by atoms with van der Waals surface area (Å²) in [5.74, 6) is -0.417. The summed E-state index contributed by atoms with van der Waals surface area (Å²) >= 11 is 0. The van der Waals surface area contributed by atoms with Gasteiger partial charge in [-0.05, 0) is 37.1 Å². The predicted molar refractivity (Wildman–Crippen MR) is 102 cm³/mol. The van der Waals surface area contributed by atoms with Gasteiger partial charge in [-0.2, -0.15) is 0 Å². The minimum absolute atomic E-state index is 0.101. The Labute approximate surface area is 160 Å². The molecule has 7 heteroatoms. The zero-order valence-corrected chi connectivity index (χ0v) is 15.5. The van der Waals surface area contributed by atoms with Gasteiger partial charge >= 0.3 is 17.7 Å². The van der Waals surface area contributed by atoms with Gasteiger partial charge in [0.15, 0.2) is 0 Å².